The summed E-state index contributed by atoms with van der Waals surface area (Å²) in [4.78, 5) is 20.2. The maximum atomic E-state index is 11.8. The molecule has 1 aromatic heterocycles. The maximum absolute atomic E-state index is 11.8. The first kappa shape index (κ1) is 24.8. The number of primary amides is 1. The third kappa shape index (κ3) is 5.06. The van der Waals surface area contributed by atoms with E-state index < -0.39 is 34.1 Å². The van der Waals surface area contributed by atoms with Gasteiger partial charge in [-0.2, -0.15) is 4.98 Å². The summed E-state index contributed by atoms with van der Waals surface area (Å²) < 4.78 is 0. The van der Waals surface area contributed by atoms with Gasteiger partial charge < -0.3 is 21.5 Å². The van der Waals surface area contributed by atoms with Crippen molar-refractivity contribution in [2.75, 3.05) is 10.6 Å². The highest BCUT2D eigenvalue weighted by molar-refractivity contribution is 6.62. The van der Waals surface area contributed by atoms with Crippen LogP contribution >= 0.6 is 0 Å². The quantitative estimate of drug-likeness (QED) is 0.400. The number of nitrogens with zero attached hydrogens (tertiary/aromatic N) is 2. The summed E-state index contributed by atoms with van der Waals surface area (Å²) in [7, 11) is 40.9. The second kappa shape index (κ2) is 9.37. The van der Waals surface area contributed by atoms with Gasteiger partial charge in [-0.15, -0.1) is 5.11 Å². The van der Waals surface area contributed by atoms with Gasteiger partial charge in [-0.1, -0.05) is 18.4 Å². The molecule has 142 valence electrons. The molecule has 0 spiro atoms. The van der Waals surface area contributed by atoms with Crippen LogP contribution in [0.25, 0.3) is 0 Å². The number of nitrogens with one attached hydrogen (secondary N) is 2. The lowest BCUT2D eigenvalue weighted by molar-refractivity contribution is 0.0739. The van der Waals surface area contributed by atoms with E-state index in [0.29, 0.717) is 6.42 Å². The first-order valence-electron chi connectivity index (χ1n) is 9.58. The molecule has 14 heteroatoms. The van der Waals surface area contributed by atoms with Crippen molar-refractivity contribution in [1.29, 1.82) is 0 Å². The summed E-state index contributed by atoms with van der Waals surface area (Å²) in [5.41, 5.74) is 1.08. The van der Waals surface area contributed by atoms with Crippen LogP contribution < -0.4 is 16.4 Å². The zero-order valence-electron chi connectivity index (χ0n) is 17.0. The maximum Gasteiger partial charge on any atom is 0.254 e. The molecule has 2 rings (SSSR count). The van der Waals surface area contributed by atoms with Crippen molar-refractivity contribution in [2.24, 2.45) is 11.7 Å². The Labute approximate surface area is 187 Å². The van der Waals surface area contributed by atoms with Gasteiger partial charge in [0.2, 0.25) is 5.95 Å². The van der Waals surface area contributed by atoms with Crippen LogP contribution in [0.5, 0.6) is 0 Å². The predicted octanol–water partition coefficient (Wildman–Crippen LogP) is -1.57. The molecule has 1 saturated carbocycles. The van der Waals surface area contributed by atoms with Gasteiger partial charge in [0, 0.05) is 12.2 Å². The Kier molecular flexibility index (Phi) is 7.75. The molecule has 30 heavy (non-hydrogen) atoms. The van der Waals surface area contributed by atoms with E-state index in [9.17, 15) is 9.90 Å². The van der Waals surface area contributed by atoms with E-state index in [1.54, 1.807) is 0 Å². The molecule has 1 amide bonds. The Morgan fingerprint density at radius 2 is 1.83 bits per heavy atom. The van der Waals surface area contributed by atoms with Crippen molar-refractivity contribution >= 4 is 72.6 Å². The number of aromatic nitrogens is 2. The van der Waals surface area contributed by atoms with Gasteiger partial charge in [0.25, 0.3) is 5.91 Å². The third-order valence-corrected chi connectivity index (χ3v) is 5.64. The number of hydrogen-bond acceptors (Lipinski definition) is 6. The van der Waals surface area contributed by atoms with Gasteiger partial charge >= 0.3 is 0 Å². The van der Waals surface area contributed by atoms with Crippen LogP contribution in [-0.2, 0) is 0 Å². The van der Waals surface area contributed by atoms with Crippen molar-refractivity contribution < 1.29 is 9.90 Å². The van der Waals surface area contributed by atoms with Crippen LogP contribution in [0.15, 0.2) is 6.20 Å². The Morgan fingerprint density at radius 1 is 1.23 bits per heavy atom. The normalized spacial score (nSPS) is 22.7. The Balaban J connectivity index is 2.40. The molecule has 0 aliphatic heterocycles. The summed E-state index contributed by atoms with van der Waals surface area (Å²) in [5.74, 6) is -0.490. The molecule has 1 heterocycles. The average molecular weight is 390 g/mol. The lowest BCUT2D eigenvalue weighted by Crippen LogP contribution is -2.58. The third-order valence-electron chi connectivity index (χ3n) is 5.64. The molecule has 3 atom stereocenters. The van der Waals surface area contributed by atoms with Gasteiger partial charge in [0.05, 0.1) is 66.6 Å². The van der Waals surface area contributed by atoms with Crippen LogP contribution in [0.3, 0.4) is 0 Å². The van der Waals surface area contributed by atoms with Crippen LogP contribution in [0, 0.1) is 5.92 Å². The lowest BCUT2D eigenvalue weighted by Gasteiger charge is -2.55. The second-order valence-corrected chi connectivity index (χ2v) is 8.00. The molecule has 1 aliphatic carbocycles. The lowest BCUT2D eigenvalue weighted by atomic mass is 9.25. The van der Waals surface area contributed by atoms with E-state index in [0.717, 1.165) is 12.8 Å². The molecule has 14 radical (unpaired) electrons. The van der Waals surface area contributed by atoms with Gasteiger partial charge in [0.15, 0.2) is 0 Å². The van der Waals surface area contributed by atoms with Crippen molar-refractivity contribution in [1.82, 2.24) is 9.97 Å². The molecule has 0 aromatic carbocycles. The minimum Gasteiger partial charge on any atom is -0.393 e. The van der Waals surface area contributed by atoms with E-state index >= 15 is 0 Å². The zero-order valence-corrected chi connectivity index (χ0v) is 17.0. The minimum atomic E-state index is -2.06. The first-order chi connectivity index (χ1) is 13.8. The summed E-state index contributed by atoms with van der Waals surface area (Å²) in [6.45, 7) is 1.98. The van der Waals surface area contributed by atoms with Crippen LogP contribution in [0.4, 0.5) is 11.8 Å². The van der Waals surface area contributed by atoms with Gasteiger partial charge in [0.1, 0.15) is 5.82 Å². The number of aliphatic hydroxyl groups excluding tert-OH is 1. The second-order valence-electron chi connectivity index (χ2n) is 8.00. The van der Waals surface area contributed by atoms with Crippen molar-refractivity contribution in [3.8, 4) is 0 Å². The molecule has 1 fully saturated rings. The fraction of sp³-hybridized carbons (Fsp3) is 0.688. The highest BCUT2D eigenvalue weighted by Crippen LogP contribution is 2.45. The van der Waals surface area contributed by atoms with E-state index in [2.05, 4.69) is 20.6 Å². The van der Waals surface area contributed by atoms with Crippen LogP contribution in [0.1, 0.15) is 36.5 Å². The predicted molar refractivity (Wildman–Crippen MR) is 124 cm³/mol. The van der Waals surface area contributed by atoms with Crippen molar-refractivity contribution in [3.05, 3.63) is 11.8 Å². The highest BCUT2D eigenvalue weighted by atomic mass is 16.3. The number of carbonyl (C=O) groups is 1. The number of amides is 1. The van der Waals surface area contributed by atoms with E-state index in [4.69, 9.17) is 60.7 Å². The van der Waals surface area contributed by atoms with E-state index in [1.807, 2.05) is 6.92 Å². The number of carbonyl (C=O) groups excluding carboxylic acids is 1. The smallest absolute Gasteiger partial charge is 0.254 e. The molecule has 1 aliphatic rings. The molecular weight excluding hydrogens is 370 g/mol. The summed E-state index contributed by atoms with van der Waals surface area (Å²) in [6, 6.07) is -0.132. The first-order valence-corrected chi connectivity index (χ1v) is 9.58. The number of hydrogen-bond donors (Lipinski definition) is 4. The Morgan fingerprint density at radius 3 is 2.30 bits per heavy atom. The van der Waals surface area contributed by atoms with Crippen LogP contribution in [-0.4, -0.2) is 93.6 Å². The number of anilines is 2. The summed E-state index contributed by atoms with van der Waals surface area (Å²) in [6.07, 6.45) is 2.80. The van der Waals surface area contributed by atoms with Gasteiger partial charge in [-0.3, -0.25) is 4.79 Å². The van der Waals surface area contributed by atoms with Gasteiger partial charge in [-0.25, -0.2) is 4.98 Å². The highest BCUT2D eigenvalue weighted by Gasteiger charge is 2.44. The number of aliphatic hydroxyl groups is 1. The molecule has 3 unspecified atom stereocenters. The molecule has 1 aromatic rings. The summed E-state index contributed by atoms with van der Waals surface area (Å²) in [5, 5.41) is 14.0. The van der Waals surface area contributed by atoms with Gasteiger partial charge in [-0.05, 0) is 30.7 Å². The average Bonchev–Trinajstić information content (AvgIpc) is 2.61. The van der Waals surface area contributed by atoms with Crippen molar-refractivity contribution in [3.63, 3.8) is 0 Å². The standard InChI is InChI=1S/C16H20B7N5O2/c1-6-2-3-7(4-9(6)29)26-11-8(10(24)30)5-25-14(27-11)28-15(12(17)18,13(19)20)16(21,22)23/h5-7,9,12-13,29H,2-4H2,1H3,(H2,24,30)(H2,25,26,27,28). The molecule has 0 saturated heterocycles. The van der Waals surface area contributed by atoms with E-state index in [-0.39, 0.29) is 29.3 Å². The fourth-order valence-corrected chi connectivity index (χ4v) is 3.61. The monoisotopic (exact) mass is 391 g/mol. The molecule has 0 bridgehead atoms. The molecule has 7 nitrogen and oxygen atoms in total. The Bertz CT molecular complexity index is 754. The number of rotatable bonds is 8. The zero-order chi connectivity index (χ0) is 22.9. The Hall–Kier alpha value is -1.44. The van der Waals surface area contributed by atoms with Crippen LogP contribution in [0.2, 0.25) is 16.5 Å². The molecule has 5 N–H and O–H groups in total. The SMILES string of the molecule is [B]C([B])C(Nc1ncc(C(N)=O)c(NC2CCC(C)C(O)C2)n1)(C([B])[B])C([B])([B])[B]. The topological polar surface area (TPSA) is 113 Å². The number of nitrogens with two attached hydrogens (primary N) is 1. The largest absolute Gasteiger partial charge is 0.393 e. The summed E-state index contributed by atoms with van der Waals surface area (Å²) >= 11 is 0. The molecular formula is C16H20B7N5O2. The fourth-order valence-electron chi connectivity index (χ4n) is 3.61. The minimum absolute atomic E-state index is 0.0489. The van der Waals surface area contributed by atoms with E-state index in [1.165, 1.54) is 6.20 Å². The van der Waals surface area contributed by atoms with Crippen molar-refractivity contribution in [2.45, 2.75) is 60.4 Å².